The fourth-order valence-corrected chi connectivity index (χ4v) is 4.38. The number of carboxylic acid groups (broad SMARTS) is 1. The summed E-state index contributed by atoms with van der Waals surface area (Å²) in [6.07, 6.45) is 2.24. The first-order valence-corrected chi connectivity index (χ1v) is 11.8. The SMILES string of the molecule is COc1cc(CNC(Cc2c[nH]c3ccccc23)C(=O)O)c(Br)cc1OCc1ccccc1C. The third-order valence-corrected chi connectivity index (χ3v) is 6.65. The van der Waals surface area contributed by atoms with E-state index in [-0.39, 0.29) is 0 Å². The van der Waals surface area contributed by atoms with Crippen molar-refractivity contribution in [3.05, 3.63) is 93.6 Å². The minimum atomic E-state index is -0.897. The Bertz CT molecular complexity index is 1300. The van der Waals surface area contributed by atoms with Gasteiger partial charge in [0.15, 0.2) is 11.5 Å². The summed E-state index contributed by atoms with van der Waals surface area (Å²) >= 11 is 3.60. The summed E-state index contributed by atoms with van der Waals surface area (Å²) in [6, 6.07) is 19.0. The van der Waals surface area contributed by atoms with Gasteiger partial charge in [0.25, 0.3) is 0 Å². The molecule has 1 unspecified atom stereocenters. The van der Waals surface area contributed by atoms with Crippen molar-refractivity contribution in [3.8, 4) is 11.5 Å². The fourth-order valence-electron chi connectivity index (χ4n) is 3.91. The molecule has 0 aliphatic carbocycles. The summed E-state index contributed by atoms with van der Waals surface area (Å²) < 4.78 is 12.4. The van der Waals surface area contributed by atoms with Crippen LogP contribution in [0.15, 0.2) is 71.3 Å². The average molecular weight is 523 g/mol. The van der Waals surface area contributed by atoms with Crippen LogP contribution in [0.1, 0.15) is 22.3 Å². The molecule has 176 valence electrons. The number of aromatic amines is 1. The van der Waals surface area contributed by atoms with Crippen molar-refractivity contribution in [2.24, 2.45) is 0 Å². The molecule has 1 atom stereocenters. The second-order valence-electron chi connectivity index (χ2n) is 8.14. The molecule has 1 heterocycles. The Hall–Kier alpha value is -3.29. The molecular weight excluding hydrogens is 496 g/mol. The zero-order chi connectivity index (χ0) is 24.1. The van der Waals surface area contributed by atoms with Crippen LogP contribution in [0.4, 0.5) is 0 Å². The number of fused-ring (bicyclic) bond motifs is 1. The van der Waals surface area contributed by atoms with Gasteiger partial charge >= 0.3 is 5.97 Å². The lowest BCUT2D eigenvalue weighted by atomic mass is 10.0. The number of aromatic nitrogens is 1. The number of hydrogen-bond acceptors (Lipinski definition) is 4. The zero-order valence-corrected chi connectivity index (χ0v) is 20.7. The van der Waals surface area contributed by atoms with E-state index in [9.17, 15) is 9.90 Å². The van der Waals surface area contributed by atoms with Crippen LogP contribution in [-0.4, -0.2) is 29.2 Å². The number of methoxy groups -OCH3 is 1. The van der Waals surface area contributed by atoms with E-state index >= 15 is 0 Å². The smallest absolute Gasteiger partial charge is 0.321 e. The second kappa shape index (κ2) is 10.8. The molecule has 0 bridgehead atoms. The molecule has 4 aromatic rings. The number of ether oxygens (including phenoxy) is 2. The number of rotatable bonds is 10. The van der Waals surface area contributed by atoms with Gasteiger partial charge in [0.2, 0.25) is 0 Å². The molecule has 4 rings (SSSR count). The van der Waals surface area contributed by atoms with E-state index in [0.29, 0.717) is 31.1 Å². The van der Waals surface area contributed by atoms with Crippen molar-refractivity contribution < 1.29 is 19.4 Å². The summed E-state index contributed by atoms with van der Waals surface area (Å²) in [5, 5.41) is 14.0. The third-order valence-electron chi connectivity index (χ3n) is 5.91. The Kier molecular flexibility index (Phi) is 7.55. The van der Waals surface area contributed by atoms with E-state index in [2.05, 4.69) is 39.2 Å². The molecule has 0 aliphatic heterocycles. The lowest BCUT2D eigenvalue weighted by molar-refractivity contribution is -0.139. The molecule has 0 fully saturated rings. The molecule has 0 saturated carbocycles. The third kappa shape index (κ3) is 5.43. The van der Waals surface area contributed by atoms with Crippen molar-refractivity contribution in [1.29, 1.82) is 0 Å². The largest absolute Gasteiger partial charge is 0.493 e. The van der Waals surface area contributed by atoms with Gasteiger partial charge in [-0.15, -0.1) is 0 Å². The van der Waals surface area contributed by atoms with Crippen molar-refractivity contribution in [2.75, 3.05) is 7.11 Å². The Morgan fingerprint density at radius 1 is 1.06 bits per heavy atom. The molecule has 0 saturated heterocycles. The lowest BCUT2D eigenvalue weighted by Gasteiger charge is -2.17. The van der Waals surface area contributed by atoms with Crippen LogP contribution in [-0.2, 0) is 24.4 Å². The van der Waals surface area contributed by atoms with Crippen LogP contribution in [0.25, 0.3) is 10.9 Å². The number of nitrogens with one attached hydrogen (secondary N) is 2. The van der Waals surface area contributed by atoms with Gasteiger partial charge in [0, 0.05) is 34.5 Å². The Morgan fingerprint density at radius 3 is 2.59 bits per heavy atom. The van der Waals surface area contributed by atoms with E-state index in [1.165, 1.54) is 0 Å². The molecule has 3 aromatic carbocycles. The number of para-hydroxylation sites is 1. The zero-order valence-electron chi connectivity index (χ0n) is 19.1. The molecule has 3 N–H and O–H groups in total. The minimum Gasteiger partial charge on any atom is -0.493 e. The van der Waals surface area contributed by atoms with Crippen LogP contribution in [0.3, 0.4) is 0 Å². The summed E-state index contributed by atoms with van der Waals surface area (Å²) in [6.45, 7) is 2.84. The molecule has 0 radical (unpaired) electrons. The van der Waals surface area contributed by atoms with Gasteiger partial charge in [-0.1, -0.05) is 58.4 Å². The van der Waals surface area contributed by atoms with Crippen molar-refractivity contribution in [2.45, 2.75) is 32.5 Å². The van der Waals surface area contributed by atoms with E-state index in [4.69, 9.17) is 9.47 Å². The van der Waals surface area contributed by atoms with Gasteiger partial charge in [-0.25, -0.2) is 0 Å². The van der Waals surface area contributed by atoms with Crippen molar-refractivity contribution >= 4 is 32.8 Å². The highest BCUT2D eigenvalue weighted by Gasteiger charge is 2.20. The van der Waals surface area contributed by atoms with Crippen molar-refractivity contribution in [3.63, 3.8) is 0 Å². The highest BCUT2D eigenvalue weighted by molar-refractivity contribution is 9.10. The number of carboxylic acids is 1. The highest BCUT2D eigenvalue weighted by atomic mass is 79.9. The van der Waals surface area contributed by atoms with E-state index < -0.39 is 12.0 Å². The average Bonchev–Trinajstić information content (AvgIpc) is 3.24. The first-order valence-electron chi connectivity index (χ1n) is 11.0. The van der Waals surface area contributed by atoms with E-state index in [1.54, 1.807) is 7.11 Å². The molecule has 0 aliphatic rings. The maximum absolute atomic E-state index is 12.0. The predicted octanol–water partition coefficient (Wildman–Crippen LogP) is 5.61. The highest BCUT2D eigenvalue weighted by Crippen LogP contribution is 2.34. The molecule has 0 spiro atoms. The van der Waals surface area contributed by atoms with Crippen LogP contribution in [0, 0.1) is 6.92 Å². The van der Waals surface area contributed by atoms with Crippen molar-refractivity contribution in [1.82, 2.24) is 10.3 Å². The number of benzene rings is 3. The van der Waals surface area contributed by atoms with Gasteiger partial charge in [0.1, 0.15) is 12.6 Å². The lowest BCUT2D eigenvalue weighted by Crippen LogP contribution is -2.38. The molecular formula is C27H27BrN2O4. The Labute approximate surface area is 207 Å². The van der Waals surface area contributed by atoms with Gasteiger partial charge in [-0.3, -0.25) is 10.1 Å². The molecule has 7 heteroatoms. The number of halogens is 1. The maximum Gasteiger partial charge on any atom is 0.321 e. The van der Waals surface area contributed by atoms with Crippen LogP contribution >= 0.6 is 15.9 Å². The predicted molar refractivity (Wildman–Crippen MR) is 136 cm³/mol. The summed E-state index contributed by atoms with van der Waals surface area (Å²) in [5.41, 5.74) is 5.11. The number of carbonyl (C=O) groups is 1. The molecule has 6 nitrogen and oxygen atoms in total. The second-order valence-corrected chi connectivity index (χ2v) is 9.00. The van der Waals surface area contributed by atoms with Gasteiger partial charge in [-0.2, -0.15) is 0 Å². The topological polar surface area (TPSA) is 83.6 Å². The van der Waals surface area contributed by atoms with Gasteiger partial charge in [-0.05, 0) is 47.4 Å². The Morgan fingerprint density at radius 2 is 1.82 bits per heavy atom. The Balaban J connectivity index is 1.46. The monoisotopic (exact) mass is 522 g/mol. The van der Waals surface area contributed by atoms with Crippen LogP contribution in [0.2, 0.25) is 0 Å². The summed E-state index contributed by atoms with van der Waals surface area (Å²) in [7, 11) is 1.60. The van der Waals surface area contributed by atoms with E-state index in [0.717, 1.165) is 37.6 Å². The molecule has 0 amide bonds. The first kappa shape index (κ1) is 23.9. The van der Waals surface area contributed by atoms with Gasteiger partial charge < -0.3 is 19.6 Å². The maximum atomic E-state index is 12.0. The molecule has 1 aromatic heterocycles. The molecule has 34 heavy (non-hydrogen) atoms. The van der Waals surface area contributed by atoms with Gasteiger partial charge in [0.05, 0.1) is 7.11 Å². The quantitative estimate of drug-likeness (QED) is 0.252. The first-order chi connectivity index (χ1) is 16.5. The van der Waals surface area contributed by atoms with E-state index in [1.807, 2.05) is 60.8 Å². The summed E-state index contributed by atoms with van der Waals surface area (Å²) in [5.74, 6) is 0.318. The number of hydrogen-bond donors (Lipinski definition) is 3. The fraction of sp³-hybridized carbons (Fsp3) is 0.222. The number of aliphatic carboxylic acids is 1. The summed E-state index contributed by atoms with van der Waals surface area (Å²) in [4.78, 5) is 15.2. The number of H-pyrrole nitrogens is 1. The normalized spacial score (nSPS) is 12.0. The number of aryl methyl sites for hydroxylation is 1. The standard InChI is InChI=1S/C27H27BrN2O4/c1-17-7-3-4-8-18(17)16-34-26-13-22(28)20(12-25(26)33-2)15-30-24(27(31)32)11-19-14-29-23-10-6-5-9-21(19)23/h3-10,12-14,24,29-30H,11,15-16H2,1-2H3,(H,31,32). The van der Waals surface area contributed by atoms with Crippen LogP contribution in [0.5, 0.6) is 11.5 Å². The minimum absolute atomic E-state index is 0.355. The van der Waals surface area contributed by atoms with Crippen LogP contribution < -0.4 is 14.8 Å².